The molecule has 1 aromatic carbocycles. The van der Waals surface area contributed by atoms with Crippen LogP contribution in [-0.4, -0.2) is 13.1 Å². The molecule has 1 saturated heterocycles. The smallest absolute Gasteiger partial charge is 0.122 e. The summed E-state index contributed by atoms with van der Waals surface area (Å²) in [4.78, 5) is 0. The van der Waals surface area contributed by atoms with Crippen LogP contribution in [0.5, 0.6) is 0 Å². The summed E-state index contributed by atoms with van der Waals surface area (Å²) in [5, 5.41) is 3.37. The van der Waals surface area contributed by atoms with Gasteiger partial charge in [-0.3, -0.25) is 0 Å². The molecule has 16 heavy (non-hydrogen) atoms. The fraction of sp³-hybridized carbons (Fsp3) is 0.571. The van der Waals surface area contributed by atoms with Crippen molar-refractivity contribution in [1.82, 2.24) is 5.32 Å². The van der Waals surface area contributed by atoms with E-state index in [4.69, 9.17) is 0 Å². The first-order chi connectivity index (χ1) is 7.75. The molecule has 2 rings (SSSR count). The summed E-state index contributed by atoms with van der Waals surface area (Å²) >= 11 is 0. The Morgan fingerprint density at radius 2 is 2.12 bits per heavy atom. The molecule has 1 fully saturated rings. The quantitative estimate of drug-likeness (QED) is 0.826. The van der Waals surface area contributed by atoms with Crippen LogP contribution in [0.4, 0.5) is 4.39 Å². The van der Waals surface area contributed by atoms with E-state index in [9.17, 15) is 4.39 Å². The maximum atomic E-state index is 13.2. The average molecular weight is 221 g/mol. The normalized spacial score (nSPS) is 19.6. The SMILES string of the molecule is CC(F)c1cccc(CC2CCNCC2)c1. The molecule has 0 saturated carbocycles. The monoisotopic (exact) mass is 221 g/mol. The van der Waals surface area contributed by atoms with Crippen LogP contribution in [0.15, 0.2) is 24.3 Å². The predicted octanol–water partition coefficient (Wildman–Crippen LogP) is 3.26. The lowest BCUT2D eigenvalue weighted by atomic mass is 9.90. The summed E-state index contributed by atoms with van der Waals surface area (Å²) < 4.78 is 13.2. The van der Waals surface area contributed by atoms with Crippen LogP contribution >= 0.6 is 0 Å². The van der Waals surface area contributed by atoms with Crippen molar-refractivity contribution >= 4 is 0 Å². The number of hydrogen-bond acceptors (Lipinski definition) is 1. The highest BCUT2D eigenvalue weighted by Crippen LogP contribution is 2.22. The third-order valence-electron chi connectivity index (χ3n) is 3.39. The first-order valence-electron chi connectivity index (χ1n) is 6.19. The molecule has 1 atom stereocenters. The summed E-state index contributed by atoms with van der Waals surface area (Å²) in [7, 11) is 0. The molecular weight excluding hydrogens is 201 g/mol. The van der Waals surface area contributed by atoms with Gasteiger partial charge in [-0.25, -0.2) is 4.39 Å². The van der Waals surface area contributed by atoms with Crippen molar-refractivity contribution in [3.63, 3.8) is 0 Å². The zero-order valence-corrected chi connectivity index (χ0v) is 9.88. The van der Waals surface area contributed by atoms with Crippen LogP contribution in [0.25, 0.3) is 0 Å². The van der Waals surface area contributed by atoms with Crippen LogP contribution in [0.2, 0.25) is 0 Å². The standard InChI is InChI=1S/C14H20FN/c1-11(15)14-4-2-3-13(10-14)9-12-5-7-16-8-6-12/h2-4,10-12,16H,5-9H2,1H3. The number of rotatable bonds is 3. The van der Waals surface area contributed by atoms with E-state index in [1.165, 1.54) is 18.4 Å². The molecular formula is C14H20FN. The summed E-state index contributed by atoms with van der Waals surface area (Å²) in [5.41, 5.74) is 2.10. The fourth-order valence-electron chi connectivity index (χ4n) is 2.39. The van der Waals surface area contributed by atoms with Crippen molar-refractivity contribution in [3.05, 3.63) is 35.4 Å². The summed E-state index contributed by atoms with van der Waals surface area (Å²) in [6.07, 6.45) is 2.74. The highest BCUT2D eigenvalue weighted by molar-refractivity contribution is 5.25. The molecule has 1 heterocycles. The van der Waals surface area contributed by atoms with Gasteiger partial charge in [-0.15, -0.1) is 0 Å². The van der Waals surface area contributed by atoms with Gasteiger partial charge in [0.25, 0.3) is 0 Å². The maximum absolute atomic E-state index is 13.2. The predicted molar refractivity (Wildman–Crippen MR) is 65.3 cm³/mol. The van der Waals surface area contributed by atoms with Gasteiger partial charge >= 0.3 is 0 Å². The second-order valence-corrected chi connectivity index (χ2v) is 4.76. The Labute approximate surface area is 97.1 Å². The topological polar surface area (TPSA) is 12.0 Å². The molecule has 2 heteroatoms. The second-order valence-electron chi connectivity index (χ2n) is 4.76. The van der Waals surface area contributed by atoms with Gasteiger partial charge < -0.3 is 5.32 Å². The van der Waals surface area contributed by atoms with Crippen molar-refractivity contribution in [2.45, 2.75) is 32.4 Å². The first kappa shape index (κ1) is 11.6. The van der Waals surface area contributed by atoms with Gasteiger partial charge in [-0.1, -0.05) is 24.3 Å². The number of hydrogen-bond donors (Lipinski definition) is 1. The van der Waals surface area contributed by atoms with E-state index >= 15 is 0 Å². The van der Waals surface area contributed by atoms with Crippen molar-refractivity contribution < 1.29 is 4.39 Å². The molecule has 0 amide bonds. The van der Waals surface area contributed by atoms with Crippen molar-refractivity contribution in [2.24, 2.45) is 5.92 Å². The van der Waals surface area contributed by atoms with Gasteiger partial charge in [0.2, 0.25) is 0 Å². The van der Waals surface area contributed by atoms with Gasteiger partial charge in [0.15, 0.2) is 0 Å². The Kier molecular flexibility index (Phi) is 3.94. The molecule has 88 valence electrons. The molecule has 1 aliphatic rings. The molecule has 0 spiro atoms. The lowest BCUT2D eigenvalue weighted by molar-refractivity contribution is 0.367. The lowest BCUT2D eigenvalue weighted by Crippen LogP contribution is -2.28. The molecule has 1 N–H and O–H groups in total. The molecule has 0 aromatic heterocycles. The number of halogens is 1. The van der Waals surface area contributed by atoms with Gasteiger partial charge in [0.1, 0.15) is 6.17 Å². The largest absolute Gasteiger partial charge is 0.317 e. The van der Waals surface area contributed by atoms with E-state index in [-0.39, 0.29) is 0 Å². The highest BCUT2D eigenvalue weighted by atomic mass is 19.1. The molecule has 1 nitrogen and oxygen atoms in total. The molecule has 1 unspecified atom stereocenters. The minimum atomic E-state index is -0.854. The number of nitrogens with one attached hydrogen (secondary N) is 1. The Bertz CT molecular complexity index is 329. The fourth-order valence-corrected chi connectivity index (χ4v) is 2.39. The van der Waals surface area contributed by atoms with Crippen LogP contribution in [0.1, 0.15) is 37.1 Å². The Morgan fingerprint density at radius 1 is 1.38 bits per heavy atom. The highest BCUT2D eigenvalue weighted by Gasteiger charge is 2.14. The van der Waals surface area contributed by atoms with E-state index in [1.807, 2.05) is 18.2 Å². The van der Waals surface area contributed by atoms with E-state index in [0.29, 0.717) is 0 Å². The minimum Gasteiger partial charge on any atom is -0.317 e. The average Bonchev–Trinajstić information content (AvgIpc) is 2.30. The van der Waals surface area contributed by atoms with E-state index < -0.39 is 6.17 Å². The van der Waals surface area contributed by atoms with Crippen LogP contribution in [0, 0.1) is 5.92 Å². The van der Waals surface area contributed by atoms with Crippen molar-refractivity contribution in [2.75, 3.05) is 13.1 Å². The first-order valence-corrected chi connectivity index (χ1v) is 6.19. The minimum absolute atomic E-state index is 0.770. The molecule has 0 bridgehead atoms. The van der Waals surface area contributed by atoms with Crippen LogP contribution in [-0.2, 0) is 6.42 Å². The molecule has 1 aliphatic heterocycles. The zero-order chi connectivity index (χ0) is 11.4. The van der Waals surface area contributed by atoms with Gasteiger partial charge in [-0.2, -0.15) is 0 Å². The third kappa shape index (κ3) is 3.05. The third-order valence-corrected chi connectivity index (χ3v) is 3.39. The lowest BCUT2D eigenvalue weighted by Gasteiger charge is -2.22. The van der Waals surface area contributed by atoms with Crippen molar-refractivity contribution in [3.8, 4) is 0 Å². The Balaban J connectivity index is 2.00. The Hall–Kier alpha value is -0.890. The van der Waals surface area contributed by atoms with E-state index in [0.717, 1.165) is 31.0 Å². The van der Waals surface area contributed by atoms with E-state index in [1.54, 1.807) is 6.92 Å². The summed E-state index contributed by atoms with van der Waals surface area (Å²) in [6, 6.07) is 7.99. The van der Waals surface area contributed by atoms with Crippen LogP contribution < -0.4 is 5.32 Å². The number of benzene rings is 1. The Morgan fingerprint density at radius 3 is 2.81 bits per heavy atom. The molecule has 1 aromatic rings. The van der Waals surface area contributed by atoms with Crippen LogP contribution in [0.3, 0.4) is 0 Å². The van der Waals surface area contributed by atoms with E-state index in [2.05, 4.69) is 11.4 Å². The van der Waals surface area contributed by atoms with Gasteiger partial charge in [-0.05, 0) is 56.3 Å². The maximum Gasteiger partial charge on any atom is 0.122 e. The summed E-state index contributed by atoms with van der Waals surface area (Å²) in [6.45, 7) is 3.86. The zero-order valence-electron chi connectivity index (χ0n) is 9.88. The number of alkyl halides is 1. The van der Waals surface area contributed by atoms with Gasteiger partial charge in [0, 0.05) is 0 Å². The number of piperidine rings is 1. The summed E-state index contributed by atoms with van der Waals surface area (Å²) in [5.74, 6) is 0.770. The van der Waals surface area contributed by atoms with Gasteiger partial charge in [0.05, 0.1) is 0 Å². The molecule has 0 radical (unpaired) electrons. The second kappa shape index (κ2) is 5.44. The molecule has 0 aliphatic carbocycles. The van der Waals surface area contributed by atoms with Crippen molar-refractivity contribution in [1.29, 1.82) is 0 Å².